The third-order valence-corrected chi connectivity index (χ3v) is 5.36. The molecule has 3 rings (SSSR count). The second kappa shape index (κ2) is 7.41. The maximum Gasteiger partial charge on any atom is 0.285 e. The zero-order chi connectivity index (χ0) is 19.6. The molecule has 10 heteroatoms. The van der Waals surface area contributed by atoms with Crippen LogP contribution in [0.2, 0.25) is 0 Å². The fraction of sp³-hybridized carbons (Fsp3) is 0.176. The van der Waals surface area contributed by atoms with Gasteiger partial charge in [-0.2, -0.15) is 17.8 Å². The summed E-state index contributed by atoms with van der Waals surface area (Å²) < 4.78 is 61.0. The number of methoxy groups -OCH3 is 1. The summed E-state index contributed by atoms with van der Waals surface area (Å²) in [6, 6.07) is 6.82. The van der Waals surface area contributed by atoms with Crippen molar-refractivity contribution < 1.29 is 21.9 Å². The molecular formula is C17H16F2N4O3S. The lowest BCUT2D eigenvalue weighted by atomic mass is 10.2. The van der Waals surface area contributed by atoms with E-state index in [9.17, 15) is 17.2 Å². The highest BCUT2D eigenvalue weighted by molar-refractivity contribution is 7.90. The second-order valence-corrected chi connectivity index (χ2v) is 7.27. The Hall–Kier alpha value is -2.85. The molecule has 0 bridgehead atoms. The van der Waals surface area contributed by atoms with E-state index in [1.165, 1.54) is 43.6 Å². The van der Waals surface area contributed by atoms with Crippen molar-refractivity contribution in [2.75, 3.05) is 14.2 Å². The summed E-state index contributed by atoms with van der Waals surface area (Å²) in [5.74, 6) is -1.77. The van der Waals surface area contributed by atoms with Crippen LogP contribution in [0.1, 0.15) is 5.56 Å². The molecular weight excluding hydrogens is 378 g/mol. The topological polar surface area (TPSA) is 86.1 Å². The van der Waals surface area contributed by atoms with E-state index < -0.39 is 27.5 Å². The minimum Gasteiger partial charge on any atom is -0.481 e. The van der Waals surface area contributed by atoms with Gasteiger partial charge in [-0.1, -0.05) is 6.07 Å². The smallest absolute Gasteiger partial charge is 0.285 e. The van der Waals surface area contributed by atoms with Crippen LogP contribution in [0, 0.1) is 11.8 Å². The monoisotopic (exact) mass is 394 g/mol. The van der Waals surface area contributed by atoms with Crippen molar-refractivity contribution in [2.24, 2.45) is 0 Å². The number of aromatic nitrogens is 3. The molecule has 0 atom stereocenters. The summed E-state index contributed by atoms with van der Waals surface area (Å²) in [7, 11) is -1.40. The van der Waals surface area contributed by atoms with Crippen LogP contribution in [-0.2, 0) is 16.6 Å². The van der Waals surface area contributed by atoms with Gasteiger partial charge in [-0.15, -0.1) is 0 Å². The first-order valence-electron chi connectivity index (χ1n) is 7.82. The van der Waals surface area contributed by atoms with Crippen molar-refractivity contribution in [3.8, 4) is 17.1 Å². The van der Waals surface area contributed by atoms with Crippen molar-refractivity contribution in [3.05, 3.63) is 60.1 Å². The SMILES string of the molecule is CNCc1cn(S(=O)(=O)c2cccc(OC)n2)c(-c2cccnc2F)c1F. The summed E-state index contributed by atoms with van der Waals surface area (Å²) in [5, 5.41) is 2.39. The molecule has 142 valence electrons. The molecule has 27 heavy (non-hydrogen) atoms. The Bertz CT molecular complexity index is 1080. The zero-order valence-electron chi connectivity index (χ0n) is 14.5. The molecule has 0 aromatic carbocycles. The Morgan fingerprint density at radius 3 is 2.67 bits per heavy atom. The van der Waals surface area contributed by atoms with Crippen molar-refractivity contribution in [3.63, 3.8) is 0 Å². The molecule has 0 aliphatic heterocycles. The van der Waals surface area contributed by atoms with Gasteiger partial charge in [0.25, 0.3) is 10.0 Å². The van der Waals surface area contributed by atoms with E-state index in [1.54, 1.807) is 7.05 Å². The van der Waals surface area contributed by atoms with Gasteiger partial charge in [0, 0.05) is 30.6 Å². The van der Waals surface area contributed by atoms with Gasteiger partial charge in [-0.3, -0.25) is 0 Å². The van der Waals surface area contributed by atoms with Gasteiger partial charge in [-0.05, 0) is 25.2 Å². The lowest BCUT2D eigenvalue weighted by Crippen LogP contribution is -2.16. The van der Waals surface area contributed by atoms with Crippen LogP contribution in [0.25, 0.3) is 11.3 Å². The normalized spacial score (nSPS) is 11.6. The Morgan fingerprint density at radius 1 is 1.22 bits per heavy atom. The molecule has 3 heterocycles. The number of ether oxygens (including phenoxy) is 1. The largest absolute Gasteiger partial charge is 0.481 e. The van der Waals surface area contributed by atoms with Gasteiger partial charge >= 0.3 is 0 Å². The number of halogens is 2. The zero-order valence-corrected chi connectivity index (χ0v) is 15.3. The van der Waals surface area contributed by atoms with Crippen LogP contribution >= 0.6 is 0 Å². The summed E-state index contributed by atoms with van der Waals surface area (Å²) in [4.78, 5) is 7.39. The van der Waals surface area contributed by atoms with E-state index in [0.29, 0.717) is 3.97 Å². The van der Waals surface area contributed by atoms with Gasteiger partial charge < -0.3 is 10.1 Å². The molecule has 1 N–H and O–H groups in total. The molecule has 0 saturated carbocycles. The summed E-state index contributed by atoms with van der Waals surface area (Å²) in [5.41, 5.74) is -0.665. The highest BCUT2D eigenvalue weighted by Gasteiger charge is 2.29. The highest BCUT2D eigenvalue weighted by Crippen LogP contribution is 2.31. The lowest BCUT2D eigenvalue weighted by molar-refractivity contribution is 0.393. The molecule has 0 saturated heterocycles. The quantitative estimate of drug-likeness (QED) is 0.645. The third kappa shape index (κ3) is 3.40. The Balaban J connectivity index is 2.28. The van der Waals surface area contributed by atoms with E-state index in [-0.39, 0.29) is 28.6 Å². The maximum atomic E-state index is 15.0. The summed E-state index contributed by atoms with van der Waals surface area (Å²) >= 11 is 0. The number of rotatable bonds is 6. The van der Waals surface area contributed by atoms with Crippen LogP contribution in [0.3, 0.4) is 0 Å². The van der Waals surface area contributed by atoms with Crippen LogP contribution in [0.15, 0.2) is 47.8 Å². The summed E-state index contributed by atoms with van der Waals surface area (Å²) in [6.45, 7) is 0.0504. The number of hydrogen-bond acceptors (Lipinski definition) is 6. The van der Waals surface area contributed by atoms with Crippen LogP contribution in [0.4, 0.5) is 8.78 Å². The molecule has 0 fully saturated rings. The average molecular weight is 394 g/mol. The lowest BCUT2D eigenvalue weighted by Gasteiger charge is -2.11. The van der Waals surface area contributed by atoms with Crippen molar-refractivity contribution in [2.45, 2.75) is 11.6 Å². The van der Waals surface area contributed by atoms with Crippen LogP contribution in [-0.4, -0.2) is 36.5 Å². The second-order valence-electron chi connectivity index (χ2n) is 5.51. The van der Waals surface area contributed by atoms with Gasteiger partial charge in [-0.25, -0.2) is 13.3 Å². The first kappa shape index (κ1) is 18.9. The van der Waals surface area contributed by atoms with Gasteiger partial charge in [0.1, 0.15) is 5.69 Å². The number of nitrogens with one attached hydrogen (secondary N) is 1. The van der Waals surface area contributed by atoms with Gasteiger partial charge in [0.05, 0.1) is 12.7 Å². The molecule has 7 nitrogen and oxygen atoms in total. The molecule has 0 unspecified atom stereocenters. The fourth-order valence-corrected chi connectivity index (χ4v) is 3.91. The molecule has 0 amide bonds. The van der Waals surface area contributed by atoms with E-state index >= 15 is 0 Å². The van der Waals surface area contributed by atoms with E-state index in [4.69, 9.17) is 4.74 Å². The molecule has 0 aliphatic carbocycles. The Labute approximate surface area is 154 Å². The van der Waals surface area contributed by atoms with Crippen molar-refractivity contribution in [1.29, 1.82) is 0 Å². The minimum absolute atomic E-state index is 0.0504. The molecule has 3 aromatic rings. The highest BCUT2D eigenvalue weighted by atomic mass is 32.2. The van der Waals surface area contributed by atoms with Gasteiger partial charge in [0.15, 0.2) is 10.8 Å². The van der Waals surface area contributed by atoms with Crippen LogP contribution in [0.5, 0.6) is 5.88 Å². The molecule has 0 spiro atoms. The van der Waals surface area contributed by atoms with Gasteiger partial charge in [0.2, 0.25) is 11.8 Å². The Kier molecular flexibility index (Phi) is 5.19. The maximum absolute atomic E-state index is 15.0. The van der Waals surface area contributed by atoms with E-state index in [2.05, 4.69) is 15.3 Å². The number of nitrogens with zero attached hydrogens (tertiary/aromatic N) is 3. The average Bonchev–Trinajstić information content (AvgIpc) is 3.00. The first-order valence-corrected chi connectivity index (χ1v) is 9.26. The molecule has 0 radical (unpaired) electrons. The van der Waals surface area contributed by atoms with Crippen molar-refractivity contribution >= 4 is 10.0 Å². The van der Waals surface area contributed by atoms with E-state index in [0.717, 1.165) is 6.20 Å². The minimum atomic E-state index is -4.32. The Morgan fingerprint density at radius 2 is 2.00 bits per heavy atom. The number of hydrogen-bond donors (Lipinski definition) is 1. The fourth-order valence-electron chi connectivity index (χ4n) is 2.57. The standard InChI is InChI=1S/C17H16F2N4O3S/c1-20-9-11-10-23(16(15(11)18)12-5-4-8-21-17(12)19)27(24,25)14-7-3-6-13(22-14)26-2/h3-8,10,20H,9H2,1-2H3. The van der Waals surface area contributed by atoms with Crippen molar-refractivity contribution in [1.82, 2.24) is 19.3 Å². The summed E-state index contributed by atoms with van der Waals surface area (Å²) in [6.07, 6.45) is 2.29. The first-order chi connectivity index (χ1) is 12.9. The van der Waals surface area contributed by atoms with Crippen LogP contribution < -0.4 is 10.1 Å². The van der Waals surface area contributed by atoms with E-state index in [1.807, 2.05) is 0 Å². The molecule has 3 aromatic heterocycles. The third-order valence-electron chi connectivity index (χ3n) is 3.80. The predicted octanol–water partition coefficient (Wildman–Crippen LogP) is 2.19. The number of pyridine rings is 2. The predicted molar refractivity (Wildman–Crippen MR) is 93.7 cm³/mol. The molecule has 0 aliphatic rings.